The number of hydrogen-bond donors (Lipinski definition) is 1. The molecule has 4 rings (SSSR count). The average molecular weight is 608 g/mol. The molecule has 0 radical (unpaired) electrons. The lowest BCUT2D eigenvalue weighted by atomic mass is 10.1. The van der Waals surface area contributed by atoms with E-state index in [2.05, 4.69) is 5.32 Å². The molecule has 3 aromatic rings. The van der Waals surface area contributed by atoms with E-state index in [-0.39, 0.29) is 29.1 Å². The lowest BCUT2D eigenvalue weighted by molar-refractivity contribution is -0.140. The van der Waals surface area contributed by atoms with Crippen molar-refractivity contribution < 1.29 is 27.5 Å². The van der Waals surface area contributed by atoms with Crippen LogP contribution in [0.3, 0.4) is 0 Å². The maximum atomic E-state index is 14.3. The van der Waals surface area contributed by atoms with Gasteiger partial charge in [0, 0.05) is 18.7 Å². The smallest absolute Gasteiger partial charge is 0.264 e. The second-order valence-electron chi connectivity index (χ2n) is 10.8. The Morgan fingerprint density at radius 2 is 1.63 bits per heavy atom. The zero-order valence-electron chi connectivity index (χ0n) is 25.3. The van der Waals surface area contributed by atoms with Gasteiger partial charge in [0.25, 0.3) is 10.0 Å². The van der Waals surface area contributed by atoms with Crippen LogP contribution in [0.5, 0.6) is 11.5 Å². The summed E-state index contributed by atoms with van der Waals surface area (Å²) >= 11 is 0. The Morgan fingerprint density at radius 1 is 0.930 bits per heavy atom. The van der Waals surface area contributed by atoms with Gasteiger partial charge in [-0.1, -0.05) is 67.8 Å². The summed E-state index contributed by atoms with van der Waals surface area (Å²) in [6.45, 7) is 3.46. The first-order valence-corrected chi connectivity index (χ1v) is 16.1. The quantitative estimate of drug-likeness (QED) is 0.291. The topological polar surface area (TPSA) is 105 Å². The summed E-state index contributed by atoms with van der Waals surface area (Å²) < 4.78 is 40.0. The fraction of sp³-hybridized carbons (Fsp3) is 0.394. The van der Waals surface area contributed by atoms with Gasteiger partial charge in [0.05, 0.1) is 24.8 Å². The molecule has 1 aliphatic carbocycles. The minimum absolute atomic E-state index is 0.0360. The Hall–Kier alpha value is -4.05. The predicted molar refractivity (Wildman–Crippen MR) is 167 cm³/mol. The highest BCUT2D eigenvalue weighted by Crippen LogP contribution is 2.34. The molecule has 1 saturated carbocycles. The lowest BCUT2D eigenvalue weighted by Crippen LogP contribution is -2.53. The number of nitrogens with zero attached hydrogens (tertiary/aromatic N) is 2. The number of sulfonamides is 1. The van der Waals surface area contributed by atoms with Gasteiger partial charge in [-0.2, -0.15) is 0 Å². The van der Waals surface area contributed by atoms with E-state index in [1.54, 1.807) is 30.3 Å². The lowest BCUT2D eigenvalue weighted by Gasteiger charge is -2.34. The number of nitrogens with one attached hydrogen (secondary N) is 1. The van der Waals surface area contributed by atoms with Crippen molar-refractivity contribution >= 4 is 27.5 Å². The van der Waals surface area contributed by atoms with Crippen LogP contribution in [0.1, 0.15) is 50.2 Å². The molecule has 0 spiro atoms. The van der Waals surface area contributed by atoms with Crippen LogP contribution in [0, 0.1) is 6.92 Å². The molecule has 3 aromatic carbocycles. The van der Waals surface area contributed by atoms with Crippen molar-refractivity contribution in [2.45, 2.75) is 69.5 Å². The molecule has 1 atom stereocenters. The summed E-state index contributed by atoms with van der Waals surface area (Å²) in [5, 5.41) is 3.14. The third-order valence-electron chi connectivity index (χ3n) is 7.79. The first-order valence-electron chi connectivity index (χ1n) is 14.6. The summed E-state index contributed by atoms with van der Waals surface area (Å²) in [4.78, 5) is 29.4. The molecule has 43 heavy (non-hydrogen) atoms. The highest BCUT2D eigenvalue weighted by Gasteiger charge is 2.35. The van der Waals surface area contributed by atoms with Gasteiger partial charge in [-0.05, 0) is 56.0 Å². The molecule has 0 aromatic heterocycles. The van der Waals surface area contributed by atoms with Crippen LogP contribution in [0.4, 0.5) is 5.69 Å². The monoisotopic (exact) mass is 607 g/mol. The van der Waals surface area contributed by atoms with E-state index in [4.69, 9.17) is 9.47 Å². The summed E-state index contributed by atoms with van der Waals surface area (Å²) in [6.07, 6.45) is 4.32. The third-order valence-corrected chi connectivity index (χ3v) is 9.58. The first kappa shape index (κ1) is 31.9. The molecule has 10 heteroatoms. The molecule has 9 nitrogen and oxygen atoms in total. The van der Waals surface area contributed by atoms with E-state index in [1.807, 2.05) is 38.1 Å². The van der Waals surface area contributed by atoms with Gasteiger partial charge >= 0.3 is 0 Å². The zero-order valence-corrected chi connectivity index (χ0v) is 26.1. The Kier molecular flexibility index (Phi) is 10.7. The second kappa shape index (κ2) is 14.4. The van der Waals surface area contributed by atoms with Crippen LogP contribution >= 0.6 is 0 Å². The number of methoxy groups -OCH3 is 2. The van der Waals surface area contributed by atoms with Crippen LogP contribution in [-0.4, -0.2) is 58.0 Å². The molecular formula is C33H41N3O6S. The van der Waals surface area contributed by atoms with Crippen molar-refractivity contribution in [3.05, 3.63) is 83.9 Å². The Morgan fingerprint density at radius 3 is 2.26 bits per heavy atom. The molecule has 1 N–H and O–H groups in total. The number of ether oxygens (including phenoxy) is 2. The van der Waals surface area contributed by atoms with Crippen molar-refractivity contribution in [2.24, 2.45) is 0 Å². The normalized spacial score (nSPS) is 14.1. The molecule has 0 heterocycles. The fourth-order valence-electron chi connectivity index (χ4n) is 5.52. The minimum atomic E-state index is -4.19. The highest BCUT2D eigenvalue weighted by atomic mass is 32.2. The third kappa shape index (κ3) is 7.67. The minimum Gasteiger partial charge on any atom is -0.493 e. The summed E-state index contributed by atoms with van der Waals surface area (Å²) in [5.41, 5.74) is 2.10. The van der Waals surface area contributed by atoms with Gasteiger partial charge in [0.15, 0.2) is 11.5 Å². The molecule has 1 fully saturated rings. The van der Waals surface area contributed by atoms with Crippen molar-refractivity contribution in [1.82, 2.24) is 10.2 Å². The summed E-state index contributed by atoms with van der Waals surface area (Å²) in [7, 11) is -1.24. The van der Waals surface area contributed by atoms with E-state index in [1.165, 1.54) is 37.3 Å². The molecule has 1 aliphatic rings. The number of carbonyl (C=O) groups excluding carboxylic acids is 2. The maximum Gasteiger partial charge on any atom is 0.264 e. The molecular weight excluding hydrogens is 566 g/mol. The van der Waals surface area contributed by atoms with Crippen molar-refractivity contribution in [3.8, 4) is 11.5 Å². The van der Waals surface area contributed by atoms with Gasteiger partial charge in [0.1, 0.15) is 12.6 Å². The number of aryl methyl sites for hydroxylation is 1. The van der Waals surface area contributed by atoms with E-state index in [9.17, 15) is 18.0 Å². The van der Waals surface area contributed by atoms with E-state index >= 15 is 0 Å². The number of carbonyl (C=O) groups is 2. The maximum absolute atomic E-state index is 14.3. The number of amides is 2. The second-order valence-corrected chi connectivity index (χ2v) is 12.7. The van der Waals surface area contributed by atoms with E-state index in [0.717, 1.165) is 41.1 Å². The average Bonchev–Trinajstić information content (AvgIpc) is 3.52. The Bertz CT molecular complexity index is 1510. The van der Waals surface area contributed by atoms with Gasteiger partial charge in [-0.15, -0.1) is 0 Å². The predicted octanol–water partition coefficient (Wildman–Crippen LogP) is 5.07. The first-order chi connectivity index (χ1) is 20.7. The molecule has 230 valence electrons. The number of benzene rings is 3. The largest absolute Gasteiger partial charge is 0.493 e. The number of anilines is 1. The molecule has 1 unspecified atom stereocenters. The summed E-state index contributed by atoms with van der Waals surface area (Å²) in [5.74, 6) is 0.0215. The number of hydrogen-bond acceptors (Lipinski definition) is 6. The molecule has 2 amide bonds. The van der Waals surface area contributed by atoms with E-state index < -0.39 is 28.5 Å². The van der Waals surface area contributed by atoms with Crippen LogP contribution in [-0.2, 0) is 26.2 Å². The van der Waals surface area contributed by atoms with E-state index in [0.29, 0.717) is 17.9 Å². The summed E-state index contributed by atoms with van der Waals surface area (Å²) in [6, 6.07) is 19.7. The molecule has 0 aliphatic heterocycles. The van der Waals surface area contributed by atoms with Crippen molar-refractivity contribution in [2.75, 3.05) is 25.1 Å². The highest BCUT2D eigenvalue weighted by molar-refractivity contribution is 7.92. The van der Waals surface area contributed by atoms with Gasteiger partial charge in [0.2, 0.25) is 11.8 Å². The van der Waals surface area contributed by atoms with Crippen LogP contribution in [0.15, 0.2) is 77.7 Å². The molecule has 0 saturated heterocycles. The fourth-order valence-corrected chi connectivity index (χ4v) is 6.95. The van der Waals surface area contributed by atoms with Crippen molar-refractivity contribution in [3.63, 3.8) is 0 Å². The SMILES string of the molecule is CCC(C(=O)NC1CCCC1)N(Cc1cccc(C)c1)C(=O)CN(c1ccc(OC)c(OC)c1)S(=O)(=O)c1ccccc1. The standard InChI is InChI=1S/C33H41N3O6S/c1-5-29(33(38)34-26-14-9-10-15-26)35(22-25-13-11-12-24(2)20-25)32(37)23-36(43(39,40)28-16-7-6-8-17-28)27-18-19-30(41-3)31(21-27)42-4/h6-8,11-13,16-21,26,29H,5,9-10,14-15,22-23H2,1-4H3,(H,34,38). The Balaban J connectivity index is 1.75. The van der Waals surface area contributed by atoms with Gasteiger partial charge in [-0.25, -0.2) is 8.42 Å². The van der Waals surface area contributed by atoms with Crippen LogP contribution < -0.4 is 19.1 Å². The van der Waals surface area contributed by atoms with Crippen LogP contribution in [0.2, 0.25) is 0 Å². The van der Waals surface area contributed by atoms with Gasteiger partial charge < -0.3 is 19.7 Å². The Labute approximate surface area is 254 Å². The van der Waals surface area contributed by atoms with Crippen molar-refractivity contribution in [1.29, 1.82) is 0 Å². The zero-order chi connectivity index (χ0) is 31.0. The van der Waals surface area contributed by atoms with Gasteiger partial charge in [-0.3, -0.25) is 13.9 Å². The molecule has 0 bridgehead atoms. The van der Waals surface area contributed by atoms with Crippen LogP contribution in [0.25, 0.3) is 0 Å². The number of rotatable bonds is 13.